The van der Waals surface area contributed by atoms with Gasteiger partial charge in [-0.25, -0.2) is 4.79 Å². The zero-order valence-corrected chi connectivity index (χ0v) is 15.6. The molecule has 0 saturated carbocycles. The van der Waals surface area contributed by atoms with E-state index in [1.54, 1.807) is 0 Å². The molecule has 154 valence electrons. The summed E-state index contributed by atoms with van der Waals surface area (Å²) in [5, 5.41) is 7.12. The molecule has 3 rings (SSSR count). The second-order valence-corrected chi connectivity index (χ2v) is 6.90. The molecule has 2 fully saturated rings. The zero-order chi connectivity index (χ0) is 20.1. The van der Waals surface area contributed by atoms with Crippen molar-refractivity contribution in [2.45, 2.75) is 57.5 Å². The number of nitrogens with zero attached hydrogens (tertiary/aromatic N) is 1. The Morgan fingerprint density at radius 1 is 1.44 bits per heavy atom. The molecule has 6 nitrogen and oxygen atoms in total. The Bertz CT molecular complexity index is 618. The normalized spacial score (nSPS) is 26.0. The lowest BCUT2D eigenvalue weighted by molar-refractivity contribution is -0.192. The molecule has 9 heteroatoms. The monoisotopic (exact) mass is 393 g/mol. The van der Waals surface area contributed by atoms with Gasteiger partial charge in [0.25, 0.3) is 0 Å². The van der Waals surface area contributed by atoms with E-state index in [0.717, 1.165) is 57.2 Å². The van der Waals surface area contributed by atoms with Crippen LogP contribution in [-0.4, -0.2) is 60.2 Å². The molecule has 3 heterocycles. The van der Waals surface area contributed by atoms with Crippen LogP contribution in [0, 0.1) is 6.92 Å². The van der Waals surface area contributed by atoms with E-state index in [2.05, 4.69) is 17.9 Å². The molecular formula is C18H26F3NO5. The number of likely N-dealkylation sites (tertiary alicyclic amines) is 1. The Labute approximate surface area is 156 Å². The van der Waals surface area contributed by atoms with E-state index in [-0.39, 0.29) is 11.7 Å². The molecule has 2 aliphatic rings. The van der Waals surface area contributed by atoms with Crippen LogP contribution in [-0.2, 0) is 20.8 Å². The minimum atomic E-state index is -5.08. The smallest absolute Gasteiger partial charge is 0.475 e. The standard InChI is InChI=1S/C16H25NO3.C2HF3O2/c1-3-18-15-9-16(19-11-15)7-4-8-17(12-16)10-14-6-5-13(2)20-14;3-2(4,5)1(6)7/h5-6,15H,3-4,7-12H2,1-2H3;(H,6,7)/t15-,16-;/m0./s1. The zero-order valence-electron chi connectivity index (χ0n) is 15.6. The minimum absolute atomic E-state index is 0.0136. The predicted octanol–water partition coefficient (Wildman–Crippen LogP) is 3.38. The predicted molar refractivity (Wildman–Crippen MR) is 90.4 cm³/mol. The largest absolute Gasteiger partial charge is 0.490 e. The molecule has 0 radical (unpaired) electrons. The first kappa shape index (κ1) is 21.7. The van der Waals surface area contributed by atoms with Gasteiger partial charge in [0, 0.05) is 19.6 Å². The number of aliphatic carboxylic acids is 1. The van der Waals surface area contributed by atoms with Gasteiger partial charge in [-0.05, 0) is 45.4 Å². The molecule has 1 aromatic rings. The second-order valence-electron chi connectivity index (χ2n) is 6.90. The van der Waals surface area contributed by atoms with Crippen molar-refractivity contribution in [2.75, 3.05) is 26.3 Å². The lowest BCUT2D eigenvalue weighted by atomic mass is 9.89. The maximum atomic E-state index is 10.6. The molecule has 2 aliphatic heterocycles. The fraction of sp³-hybridized carbons (Fsp3) is 0.722. The third kappa shape index (κ3) is 6.51. The summed E-state index contributed by atoms with van der Waals surface area (Å²) in [6.45, 7) is 8.59. The van der Waals surface area contributed by atoms with Crippen LogP contribution in [0.2, 0.25) is 0 Å². The average Bonchev–Trinajstić information content (AvgIpc) is 3.14. The molecule has 1 spiro atoms. The summed E-state index contributed by atoms with van der Waals surface area (Å²) in [5.74, 6) is -0.716. The van der Waals surface area contributed by atoms with Gasteiger partial charge in [0.1, 0.15) is 11.5 Å². The van der Waals surface area contributed by atoms with Crippen molar-refractivity contribution in [1.82, 2.24) is 4.90 Å². The van der Waals surface area contributed by atoms with Crippen LogP contribution in [0.1, 0.15) is 37.7 Å². The van der Waals surface area contributed by atoms with Gasteiger partial charge >= 0.3 is 12.1 Å². The van der Waals surface area contributed by atoms with Crippen molar-refractivity contribution >= 4 is 5.97 Å². The molecular weight excluding hydrogens is 367 g/mol. The molecule has 1 aromatic heterocycles. The van der Waals surface area contributed by atoms with Crippen molar-refractivity contribution in [2.24, 2.45) is 0 Å². The van der Waals surface area contributed by atoms with E-state index in [1.165, 1.54) is 6.42 Å². The number of hydrogen-bond donors (Lipinski definition) is 1. The third-order valence-corrected chi connectivity index (χ3v) is 4.61. The van der Waals surface area contributed by atoms with Gasteiger partial charge in [-0.2, -0.15) is 13.2 Å². The average molecular weight is 393 g/mol. The molecule has 0 amide bonds. The first-order valence-corrected chi connectivity index (χ1v) is 8.97. The van der Waals surface area contributed by atoms with Gasteiger partial charge in [0.15, 0.2) is 0 Å². The Morgan fingerprint density at radius 2 is 2.15 bits per heavy atom. The molecule has 2 atom stereocenters. The quantitative estimate of drug-likeness (QED) is 0.846. The Kier molecular flexibility index (Phi) is 7.30. The highest BCUT2D eigenvalue weighted by atomic mass is 19.4. The number of furan rings is 1. The maximum absolute atomic E-state index is 10.6. The number of hydrogen-bond acceptors (Lipinski definition) is 5. The first-order chi connectivity index (χ1) is 12.6. The van der Waals surface area contributed by atoms with Gasteiger partial charge in [0.2, 0.25) is 0 Å². The van der Waals surface area contributed by atoms with E-state index >= 15 is 0 Å². The molecule has 27 heavy (non-hydrogen) atoms. The lowest BCUT2D eigenvalue weighted by Gasteiger charge is -2.39. The summed E-state index contributed by atoms with van der Waals surface area (Å²) < 4.78 is 49.3. The number of halogens is 3. The topological polar surface area (TPSA) is 72.1 Å². The first-order valence-electron chi connectivity index (χ1n) is 8.97. The minimum Gasteiger partial charge on any atom is -0.475 e. The second kappa shape index (κ2) is 9.07. The number of carbonyl (C=O) groups is 1. The number of alkyl halides is 3. The Hall–Kier alpha value is -1.58. The van der Waals surface area contributed by atoms with Gasteiger partial charge in [0.05, 0.1) is 24.9 Å². The highest BCUT2D eigenvalue weighted by Crippen LogP contribution is 2.36. The molecule has 2 saturated heterocycles. The van der Waals surface area contributed by atoms with E-state index in [9.17, 15) is 13.2 Å². The van der Waals surface area contributed by atoms with Crippen molar-refractivity contribution < 1.29 is 37.0 Å². The number of carboxylic acid groups (broad SMARTS) is 1. The van der Waals surface area contributed by atoms with Gasteiger partial charge in [-0.15, -0.1) is 0 Å². The number of piperidine rings is 1. The summed E-state index contributed by atoms with van der Waals surface area (Å²) in [6.07, 6.45) is -1.41. The Balaban J connectivity index is 0.000000321. The lowest BCUT2D eigenvalue weighted by Crippen LogP contribution is -2.47. The van der Waals surface area contributed by atoms with Crippen LogP contribution in [0.3, 0.4) is 0 Å². The number of carboxylic acids is 1. The molecule has 0 bridgehead atoms. The fourth-order valence-electron chi connectivity index (χ4n) is 3.55. The van der Waals surface area contributed by atoms with E-state index in [4.69, 9.17) is 23.8 Å². The van der Waals surface area contributed by atoms with Crippen LogP contribution in [0.15, 0.2) is 16.5 Å². The van der Waals surface area contributed by atoms with Gasteiger partial charge < -0.3 is 19.0 Å². The van der Waals surface area contributed by atoms with Crippen LogP contribution < -0.4 is 0 Å². The van der Waals surface area contributed by atoms with Crippen molar-refractivity contribution in [3.8, 4) is 0 Å². The summed E-state index contributed by atoms with van der Waals surface area (Å²) in [5.41, 5.74) is 0.0136. The van der Waals surface area contributed by atoms with Crippen molar-refractivity contribution in [3.63, 3.8) is 0 Å². The third-order valence-electron chi connectivity index (χ3n) is 4.61. The molecule has 1 N–H and O–H groups in total. The van der Waals surface area contributed by atoms with E-state index in [1.807, 2.05) is 13.0 Å². The molecule has 0 aromatic carbocycles. The summed E-state index contributed by atoms with van der Waals surface area (Å²) in [4.78, 5) is 11.4. The van der Waals surface area contributed by atoms with E-state index < -0.39 is 12.1 Å². The number of rotatable bonds is 4. The maximum Gasteiger partial charge on any atom is 0.490 e. The van der Waals surface area contributed by atoms with Gasteiger partial charge in [-0.3, -0.25) is 4.90 Å². The van der Waals surface area contributed by atoms with Crippen LogP contribution in [0.25, 0.3) is 0 Å². The summed E-state index contributed by atoms with van der Waals surface area (Å²) >= 11 is 0. The fourth-order valence-corrected chi connectivity index (χ4v) is 3.55. The molecule has 0 unspecified atom stereocenters. The SMILES string of the molecule is CCO[C@@H]1CO[C@@]2(CCCN(Cc3ccc(C)o3)C2)C1.O=C(O)C(F)(F)F. The highest BCUT2D eigenvalue weighted by Gasteiger charge is 2.43. The van der Waals surface area contributed by atoms with Crippen molar-refractivity contribution in [1.29, 1.82) is 0 Å². The van der Waals surface area contributed by atoms with Crippen LogP contribution >= 0.6 is 0 Å². The number of aryl methyl sites for hydroxylation is 1. The van der Waals surface area contributed by atoms with E-state index in [0.29, 0.717) is 0 Å². The van der Waals surface area contributed by atoms with Crippen LogP contribution in [0.5, 0.6) is 0 Å². The number of ether oxygens (including phenoxy) is 2. The van der Waals surface area contributed by atoms with Crippen LogP contribution in [0.4, 0.5) is 13.2 Å². The molecule has 0 aliphatic carbocycles. The van der Waals surface area contributed by atoms with Crippen molar-refractivity contribution in [3.05, 3.63) is 23.7 Å². The highest BCUT2D eigenvalue weighted by molar-refractivity contribution is 5.73. The van der Waals surface area contributed by atoms with Gasteiger partial charge in [-0.1, -0.05) is 0 Å². The Morgan fingerprint density at radius 3 is 2.70 bits per heavy atom. The summed E-state index contributed by atoms with van der Waals surface area (Å²) in [6, 6.07) is 4.11. The summed E-state index contributed by atoms with van der Waals surface area (Å²) in [7, 11) is 0.